The zero-order valence-electron chi connectivity index (χ0n) is 13.1. The molecule has 2 rings (SSSR count). The molecule has 0 heterocycles. The fourth-order valence-corrected chi connectivity index (χ4v) is 2.37. The zero-order chi connectivity index (χ0) is 16.3. The Balaban J connectivity index is 1.50. The van der Waals surface area contributed by atoms with Crippen LogP contribution in [0.2, 0.25) is 5.02 Å². The maximum atomic E-state index is 11.6. The first-order valence-corrected chi connectivity index (χ1v) is 8.31. The van der Waals surface area contributed by atoms with Crippen molar-refractivity contribution in [2.24, 2.45) is 0 Å². The van der Waals surface area contributed by atoms with Crippen LogP contribution in [0.3, 0.4) is 0 Å². The highest BCUT2D eigenvalue weighted by molar-refractivity contribution is 6.30. The Morgan fingerprint density at radius 2 is 1.65 bits per heavy atom. The molecule has 0 saturated heterocycles. The number of amides is 1. The monoisotopic (exact) mass is 331 g/mol. The van der Waals surface area contributed by atoms with Gasteiger partial charge < -0.3 is 10.1 Å². The van der Waals surface area contributed by atoms with Gasteiger partial charge in [0.05, 0.1) is 6.61 Å². The van der Waals surface area contributed by atoms with Gasteiger partial charge in [0, 0.05) is 11.6 Å². The average molecular weight is 332 g/mol. The van der Waals surface area contributed by atoms with E-state index < -0.39 is 0 Å². The number of hydrogen-bond donors (Lipinski definition) is 1. The van der Waals surface area contributed by atoms with Gasteiger partial charge in [-0.2, -0.15) is 0 Å². The van der Waals surface area contributed by atoms with Crippen LogP contribution in [0, 0.1) is 0 Å². The van der Waals surface area contributed by atoms with Gasteiger partial charge in [0.1, 0.15) is 0 Å². The van der Waals surface area contributed by atoms with Crippen molar-refractivity contribution >= 4 is 17.7 Å². The summed E-state index contributed by atoms with van der Waals surface area (Å²) in [6, 6.07) is 17.8. The third kappa shape index (κ3) is 7.20. The number of halogens is 1. The van der Waals surface area contributed by atoms with Crippen LogP contribution in [0.1, 0.15) is 30.4 Å². The maximum absolute atomic E-state index is 11.6. The Morgan fingerprint density at radius 1 is 0.913 bits per heavy atom. The summed E-state index contributed by atoms with van der Waals surface area (Å²) in [4.78, 5) is 11.6. The van der Waals surface area contributed by atoms with E-state index >= 15 is 0 Å². The lowest BCUT2D eigenvalue weighted by molar-refractivity contribution is 0.143. The SMILES string of the molecule is O=C(NCc1ccc(Cl)cc1)OCCCCCc1ccccc1. The van der Waals surface area contributed by atoms with Crippen LogP contribution in [0.25, 0.3) is 0 Å². The van der Waals surface area contributed by atoms with E-state index in [0.29, 0.717) is 18.2 Å². The van der Waals surface area contributed by atoms with E-state index in [1.165, 1.54) is 5.56 Å². The molecule has 0 fully saturated rings. The molecule has 0 radical (unpaired) electrons. The molecule has 1 N–H and O–H groups in total. The molecule has 0 spiro atoms. The number of ether oxygens (including phenoxy) is 1. The van der Waals surface area contributed by atoms with Gasteiger partial charge in [-0.3, -0.25) is 0 Å². The fourth-order valence-electron chi connectivity index (χ4n) is 2.25. The van der Waals surface area contributed by atoms with Gasteiger partial charge in [0.2, 0.25) is 0 Å². The summed E-state index contributed by atoms with van der Waals surface area (Å²) in [5.41, 5.74) is 2.35. The molecule has 2 aromatic rings. The van der Waals surface area contributed by atoms with Gasteiger partial charge in [-0.1, -0.05) is 54.1 Å². The average Bonchev–Trinajstić information content (AvgIpc) is 2.58. The van der Waals surface area contributed by atoms with Crippen LogP contribution < -0.4 is 5.32 Å². The molecule has 0 aliphatic carbocycles. The third-order valence-electron chi connectivity index (χ3n) is 3.54. The van der Waals surface area contributed by atoms with Crippen LogP contribution in [-0.4, -0.2) is 12.7 Å². The first-order chi connectivity index (χ1) is 11.2. The third-order valence-corrected chi connectivity index (χ3v) is 3.79. The van der Waals surface area contributed by atoms with Gasteiger partial charge in [-0.15, -0.1) is 0 Å². The molecule has 0 aliphatic heterocycles. The van der Waals surface area contributed by atoms with Crippen molar-refractivity contribution in [2.75, 3.05) is 6.61 Å². The van der Waals surface area contributed by atoms with E-state index in [0.717, 1.165) is 31.2 Å². The molecule has 0 aromatic heterocycles. The first kappa shape index (κ1) is 17.4. The van der Waals surface area contributed by atoms with E-state index in [9.17, 15) is 4.79 Å². The van der Waals surface area contributed by atoms with E-state index in [4.69, 9.17) is 16.3 Å². The molecule has 0 saturated carbocycles. The number of carbonyl (C=O) groups is 1. The Labute approximate surface area is 142 Å². The van der Waals surface area contributed by atoms with Gasteiger partial charge in [-0.25, -0.2) is 4.79 Å². The molecule has 3 nitrogen and oxygen atoms in total. The van der Waals surface area contributed by atoms with Crippen LogP contribution in [0.15, 0.2) is 54.6 Å². The molecule has 122 valence electrons. The summed E-state index contributed by atoms with van der Waals surface area (Å²) < 4.78 is 5.16. The van der Waals surface area contributed by atoms with Crippen LogP contribution in [-0.2, 0) is 17.7 Å². The van der Waals surface area contributed by atoms with Crippen molar-refractivity contribution in [1.82, 2.24) is 5.32 Å². The summed E-state index contributed by atoms with van der Waals surface area (Å²) in [6.45, 7) is 0.908. The lowest BCUT2D eigenvalue weighted by Crippen LogP contribution is -2.24. The fraction of sp³-hybridized carbons (Fsp3) is 0.316. The number of hydrogen-bond acceptors (Lipinski definition) is 2. The highest BCUT2D eigenvalue weighted by Crippen LogP contribution is 2.09. The minimum atomic E-state index is -0.372. The minimum absolute atomic E-state index is 0.372. The Bertz CT molecular complexity index is 584. The molecule has 1 amide bonds. The first-order valence-electron chi connectivity index (χ1n) is 7.93. The number of aryl methyl sites for hydroxylation is 1. The quantitative estimate of drug-likeness (QED) is 0.693. The summed E-state index contributed by atoms with van der Waals surface area (Å²) in [5.74, 6) is 0. The van der Waals surface area contributed by atoms with Crippen molar-refractivity contribution in [2.45, 2.75) is 32.2 Å². The van der Waals surface area contributed by atoms with Crippen molar-refractivity contribution < 1.29 is 9.53 Å². The second kappa shape index (κ2) is 9.90. The lowest BCUT2D eigenvalue weighted by Gasteiger charge is -2.07. The summed E-state index contributed by atoms with van der Waals surface area (Å²) in [6.07, 6.45) is 3.76. The van der Waals surface area contributed by atoms with Gasteiger partial charge >= 0.3 is 6.09 Å². The smallest absolute Gasteiger partial charge is 0.407 e. The van der Waals surface area contributed by atoms with E-state index in [1.54, 1.807) is 12.1 Å². The second-order valence-electron chi connectivity index (χ2n) is 5.41. The van der Waals surface area contributed by atoms with Gasteiger partial charge in [-0.05, 0) is 48.9 Å². The molecule has 0 bridgehead atoms. The number of nitrogens with one attached hydrogen (secondary N) is 1. The largest absolute Gasteiger partial charge is 0.450 e. The summed E-state index contributed by atoms with van der Waals surface area (Å²) in [5, 5.41) is 3.42. The van der Waals surface area contributed by atoms with E-state index in [2.05, 4.69) is 29.6 Å². The number of benzene rings is 2. The van der Waals surface area contributed by atoms with Crippen molar-refractivity contribution in [3.8, 4) is 0 Å². The van der Waals surface area contributed by atoms with E-state index in [1.807, 2.05) is 18.2 Å². The summed E-state index contributed by atoms with van der Waals surface area (Å²) in [7, 11) is 0. The number of unbranched alkanes of at least 4 members (excludes halogenated alkanes) is 2. The minimum Gasteiger partial charge on any atom is -0.450 e. The molecule has 4 heteroatoms. The molecule has 0 unspecified atom stereocenters. The predicted molar refractivity (Wildman–Crippen MR) is 93.6 cm³/mol. The van der Waals surface area contributed by atoms with Crippen LogP contribution >= 0.6 is 11.6 Å². The Hall–Kier alpha value is -2.00. The van der Waals surface area contributed by atoms with Crippen molar-refractivity contribution in [1.29, 1.82) is 0 Å². The zero-order valence-corrected chi connectivity index (χ0v) is 13.9. The van der Waals surface area contributed by atoms with Crippen LogP contribution in [0.5, 0.6) is 0 Å². The second-order valence-corrected chi connectivity index (χ2v) is 5.85. The molecule has 0 aliphatic rings. The standard InChI is InChI=1S/C19H22ClNO2/c20-18-12-10-17(11-13-18)15-21-19(22)23-14-6-2-5-9-16-7-3-1-4-8-16/h1,3-4,7-8,10-13H,2,5-6,9,14-15H2,(H,21,22). The van der Waals surface area contributed by atoms with Gasteiger partial charge in [0.25, 0.3) is 0 Å². The van der Waals surface area contributed by atoms with Crippen molar-refractivity contribution in [3.05, 3.63) is 70.7 Å². The summed E-state index contributed by atoms with van der Waals surface area (Å²) >= 11 is 5.81. The highest BCUT2D eigenvalue weighted by Gasteiger charge is 2.02. The Morgan fingerprint density at radius 3 is 2.39 bits per heavy atom. The lowest BCUT2D eigenvalue weighted by atomic mass is 10.1. The number of rotatable bonds is 8. The maximum Gasteiger partial charge on any atom is 0.407 e. The van der Waals surface area contributed by atoms with Crippen molar-refractivity contribution in [3.63, 3.8) is 0 Å². The number of carbonyl (C=O) groups excluding carboxylic acids is 1. The predicted octanol–water partition coefficient (Wildman–Crippen LogP) is 4.98. The molecule has 23 heavy (non-hydrogen) atoms. The van der Waals surface area contributed by atoms with Gasteiger partial charge in [0.15, 0.2) is 0 Å². The Kier molecular flexibility index (Phi) is 7.47. The molecular formula is C19H22ClNO2. The molecule has 2 aromatic carbocycles. The highest BCUT2D eigenvalue weighted by atomic mass is 35.5. The molecular weight excluding hydrogens is 310 g/mol. The molecule has 0 atom stereocenters. The van der Waals surface area contributed by atoms with Crippen LogP contribution in [0.4, 0.5) is 4.79 Å². The van der Waals surface area contributed by atoms with E-state index in [-0.39, 0.29) is 6.09 Å². The topological polar surface area (TPSA) is 38.3 Å². The number of alkyl carbamates (subject to hydrolysis) is 1. The normalized spacial score (nSPS) is 10.3.